The van der Waals surface area contributed by atoms with Crippen LogP contribution in [0.5, 0.6) is 0 Å². The number of nitrogens with zero attached hydrogens (tertiary/aromatic N) is 1. The van der Waals surface area contributed by atoms with Crippen LogP contribution in [0, 0.1) is 0 Å². The van der Waals surface area contributed by atoms with E-state index in [1.54, 1.807) is 11.8 Å². The Labute approximate surface area is 135 Å². The Morgan fingerprint density at radius 3 is 2.70 bits per heavy atom. The van der Waals surface area contributed by atoms with Gasteiger partial charge >= 0.3 is 5.97 Å². The highest BCUT2D eigenvalue weighted by molar-refractivity contribution is 5.90. The third-order valence-corrected chi connectivity index (χ3v) is 3.79. The fourth-order valence-electron chi connectivity index (χ4n) is 2.70. The van der Waals surface area contributed by atoms with Crippen LogP contribution in [0.15, 0.2) is 30.3 Å². The Balaban J connectivity index is 1.90. The third-order valence-electron chi connectivity index (χ3n) is 3.79. The first-order valence-corrected chi connectivity index (χ1v) is 7.88. The van der Waals surface area contributed by atoms with Crippen LogP contribution in [0.1, 0.15) is 25.3 Å². The molecule has 124 valence electrons. The van der Waals surface area contributed by atoms with Gasteiger partial charge in [-0.2, -0.15) is 0 Å². The van der Waals surface area contributed by atoms with E-state index in [0.717, 1.165) is 12.0 Å². The van der Waals surface area contributed by atoms with Gasteiger partial charge < -0.3 is 15.0 Å². The zero-order valence-corrected chi connectivity index (χ0v) is 13.3. The second-order valence-corrected chi connectivity index (χ2v) is 5.43. The van der Waals surface area contributed by atoms with E-state index >= 15 is 0 Å². The normalized spacial score (nSPS) is 16.9. The summed E-state index contributed by atoms with van der Waals surface area (Å²) in [4.78, 5) is 37.5. The van der Waals surface area contributed by atoms with Gasteiger partial charge in [-0.3, -0.25) is 14.4 Å². The lowest BCUT2D eigenvalue weighted by Crippen LogP contribution is -2.47. The minimum Gasteiger partial charge on any atom is -0.465 e. The summed E-state index contributed by atoms with van der Waals surface area (Å²) in [6, 6.07) is 8.95. The second-order valence-electron chi connectivity index (χ2n) is 5.43. The molecule has 0 aliphatic carbocycles. The number of benzene rings is 1. The van der Waals surface area contributed by atoms with Gasteiger partial charge in [0.15, 0.2) is 0 Å². The topological polar surface area (TPSA) is 75.7 Å². The molecule has 0 aromatic heterocycles. The van der Waals surface area contributed by atoms with Crippen LogP contribution < -0.4 is 5.32 Å². The molecule has 23 heavy (non-hydrogen) atoms. The second kappa shape index (κ2) is 8.31. The molecule has 1 aromatic carbocycles. The molecule has 0 radical (unpaired) electrons. The van der Waals surface area contributed by atoms with Crippen LogP contribution in [-0.4, -0.2) is 48.4 Å². The van der Waals surface area contributed by atoms with E-state index in [1.807, 2.05) is 30.3 Å². The average Bonchev–Trinajstić information content (AvgIpc) is 3.03. The molecule has 0 spiro atoms. The van der Waals surface area contributed by atoms with Crippen molar-refractivity contribution in [3.63, 3.8) is 0 Å². The molecular weight excluding hydrogens is 296 g/mol. The van der Waals surface area contributed by atoms with Gasteiger partial charge in [-0.05, 0) is 25.3 Å². The van der Waals surface area contributed by atoms with Crippen molar-refractivity contribution in [2.45, 2.75) is 32.2 Å². The van der Waals surface area contributed by atoms with Gasteiger partial charge in [-0.15, -0.1) is 0 Å². The zero-order chi connectivity index (χ0) is 16.7. The Bertz CT molecular complexity index is 559. The number of carbonyl (C=O) groups is 3. The lowest BCUT2D eigenvalue weighted by atomic mass is 10.1. The van der Waals surface area contributed by atoms with Crippen LogP contribution in [0.3, 0.4) is 0 Å². The number of hydrogen-bond acceptors (Lipinski definition) is 4. The fraction of sp³-hybridized carbons (Fsp3) is 0.471. The molecule has 2 rings (SSSR count). The summed E-state index contributed by atoms with van der Waals surface area (Å²) in [6.45, 7) is 2.40. The van der Waals surface area contributed by atoms with Crippen LogP contribution in [-0.2, 0) is 25.5 Å². The van der Waals surface area contributed by atoms with Gasteiger partial charge in [0.25, 0.3) is 0 Å². The highest BCUT2D eigenvalue weighted by Crippen LogP contribution is 2.19. The molecule has 0 saturated carbocycles. The van der Waals surface area contributed by atoms with Crippen molar-refractivity contribution in [1.29, 1.82) is 0 Å². The lowest BCUT2D eigenvalue weighted by Gasteiger charge is -2.24. The average molecular weight is 318 g/mol. The molecule has 6 heteroatoms. The van der Waals surface area contributed by atoms with Crippen molar-refractivity contribution in [2.24, 2.45) is 0 Å². The molecular formula is C17H22N2O4. The first kappa shape index (κ1) is 17.0. The summed E-state index contributed by atoms with van der Waals surface area (Å²) in [7, 11) is 0. The number of hydrogen-bond donors (Lipinski definition) is 1. The number of likely N-dealkylation sites (tertiary alicyclic amines) is 1. The van der Waals surface area contributed by atoms with Crippen molar-refractivity contribution in [3.8, 4) is 0 Å². The standard InChI is InChI=1S/C17H22N2O4/c1-2-23-16(21)12-18-17(22)14-9-6-10-19(14)15(20)11-13-7-4-3-5-8-13/h3-5,7-8,14H,2,6,9-12H2,1H3,(H,18,22)/t14-/m0/s1. The monoisotopic (exact) mass is 318 g/mol. The summed E-state index contributed by atoms with van der Waals surface area (Å²) in [6.07, 6.45) is 1.69. The number of amides is 2. The van der Waals surface area contributed by atoms with Crippen LogP contribution in [0.2, 0.25) is 0 Å². The Morgan fingerprint density at radius 2 is 2.00 bits per heavy atom. The fourth-order valence-corrected chi connectivity index (χ4v) is 2.70. The van der Waals surface area contributed by atoms with Crippen LogP contribution in [0.25, 0.3) is 0 Å². The number of nitrogens with one attached hydrogen (secondary N) is 1. The van der Waals surface area contributed by atoms with Crippen molar-refractivity contribution in [3.05, 3.63) is 35.9 Å². The summed E-state index contributed by atoms with van der Waals surface area (Å²) < 4.78 is 4.77. The van der Waals surface area contributed by atoms with Crippen molar-refractivity contribution >= 4 is 17.8 Å². The van der Waals surface area contributed by atoms with E-state index < -0.39 is 12.0 Å². The predicted octanol–water partition coefficient (Wildman–Crippen LogP) is 0.899. The Morgan fingerprint density at radius 1 is 1.26 bits per heavy atom. The van der Waals surface area contributed by atoms with E-state index in [0.29, 0.717) is 13.0 Å². The van der Waals surface area contributed by atoms with E-state index in [1.165, 1.54) is 0 Å². The van der Waals surface area contributed by atoms with E-state index in [4.69, 9.17) is 4.74 Å². The molecule has 1 fully saturated rings. The summed E-state index contributed by atoms with van der Waals surface area (Å²) in [5, 5.41) is 2.55. The largest absolute Gasteiger partial charge is 0.465 e. The van der Waals surface area contributed by atoms with Crippen molar-refractivity contribution in [1.82, 2.24) is 10.2 Å². The molecule has 1 aromatic rings. The highest BCUT2D eigenvalue weighted by Gasteiger charge is 2.33. The number of carbonyl (C=O) groups excluding carboxylic acids is 3. The molecule has 1 heterocycles. The molecule has 6 nitrogen and oxygen atoms in total. The van der Waals surface area contributed by atoms with Gasteiger partial charge in [-0.1, -0.05) is 30.3 Å². The number of rotatable bonds is 6. The number of esters is 1. The van der Waals surface area contributed by atoms with E-state index in [9.17, 15) is 14.4 Å². The smallest absolute Gasteiger partial charge is 0.325 e. The maximum absolute atomic E-state index is 12.4. The van der Waals surface area contributed by atoms with Gasteiger partial charge in [0.2, 0.25) is 11.8 Å². The SMILES string of the molecule is CCOC(=O)CNC(=O)[C@@H]1CCCN1C(=O)Cc1ccccc1. The maximum Gasteiger partial charge on any atom is 0.325 e. The van der Waals surface area contributed by atoms with Crippen LogP contribution >= 0.6 is 0 Å². The molecule has 2 amide bonds. The zero-order valence-electron chi connectivity index (χ0n) is 13.3. The molecule has 1 N–H and O–H groups in total. The van der Waals surface area contributed by atoms with Gasteiger partial charge in [0, 0.05) is 6.54 Å². The lowest BCUT2D eigenvalue weighted by molar-refractivity contribution is -0.144. The predicted molar refractivity (Wildman–Crippen MR) is 84.5 cm³/mol. The summed E-state index contributed by atoms with van der Waals surface area (Å²) in [5.41, 5.74) is 0.926. The number of ether oxygens (including phenoxy) is 1. The molecule has 0 bridgehead atoms. The first-order chi connectivity index (χ1) is 11.1. The first-order valence-electron chi connectivity index (χ1n) is 7.88. The van der Waals surface area contributed by atoms with Gasteiger partial charge in [0.1, 0.15) is 12.6 Å². The minimum atomic E-state index is -0.499. The van der Waals surface area contributed by atoms with Gasteiger partial charge in [-0.25, -0.2) is 0 Å². The van der Waals surface area contributed by atoms with E-state index in [2.05, 4.69) is 5.32 Å². The third kappa shape index (κ3) is 4.81. The summed E-state index contributed by atoms with van der Waals surface area (Å²) in [5.74, 6) is -0.831. The van der Waals surface area contributed by atoms with Crippen LogP contribution in [0.4, 0.5) is 0 Å². The Hall–Kier alpha value is -2.37. The maximum atomic E-state index is 12.4. The van der Waals surface area contributed by atoms with Gasteiger partial charge in [0.05, 0.1) is 13.0 Å². The summed E-state index contributed by atoms with van der Waals surface area (Å²) >= 11 is 0. The highest BCUT2D eigenvalue weighted by atomic mass is 16.5. The molecule has 1 aliphatic rings. The molecule has 0 unspecified atom stereocenters. The Kier molecular flexibility index (Phi) is 6.14. The molecule has 1 saturated heterocycles. The molecule has 1 atom stereocenters. The van der Waals surface area contributed by atoms with Crippen molar-refractivity contribution < 1.29 is 19.1 Å². The minimum absolute atomic E-state index is 0.0648. The van der Waals surface area contributed by atoms with Crippen molar-refractivity contribution in [2.75, 3.05) is 19.7 Å². The molecule has 1 aliphatic heterocycles. The van der Waals surface area contributed by atoms with E-state index in [-0.39, 0.29) is 31.4 Å². The quantitative estimate of drug-likeness (QED) is 0.791.